The molecule has 0 bridgehead atoms. The number of hydrogen-bond acceptors (Lipinski definition) is 4. The summed E-state index contributed by atoms with van der Waals surface area (Å²) in [5.41, 5.74) is 1.16. The number of aromatic nitrogens is 2. The van der Waals surface area contributed by atoms with Crippen LogP contribution in [0.1, 0.15) is 34.1 Å². The molecule has 1 aromatic carbocycles. The van der Waals surface area contributed by atoms with E-state index in [0.29, 0.717) is 29.1 Å². The maximum Gasteiger partial charge on any atom is 0.267 e. The Balaban J connectivity index is 1.88. The van der Waals surface area contributed by atoms with Crippen LogP contribution in [-0.4, -0.2) is 46.8 Å². The van der Waals surface area contributed by atoms with Gasteiger partial charge in [0.1, 0.15) is 6.54 Å². The predicted octanol–water partition coefficient (Wildman–Crippen LogP) is 3.68. The smallest absolute Gasteiger partial charge is 0.267 e. The van der Waals surface area contributed by atoms with E-state index in [4.69, 9.17) is 11.6 Å². The van der Waals surface area contributed by atoms with Crippen LogP contribution in [-0.2, 0) is 11.3 Å². The Morgan fingerprint density at radius 2 is 1.70 bits per heavy atom. The molecule has 164 valence electrons. The molecule has 0 spiro atoms. The number of carbonyl (C=O) groups excluding carboxylic acids is 1. The van der Waals surface area contributed by atoms with Crippen LogP contribution in [0, 0.1) is 11.8 Å². The lowest BCUT2D eigenvalue weighted by molar-refractivity contribution is -0.121. The molecule has 30 heavy (non-hydrogen) atoms. The molecule has 0 atom stereocenters. The molecule has 0 saturated heterocycles. The highest BCUT2D eigenvalue weighted by Gasteiger charge is 2.11. The third-order valence-electron chi connectivity index (χ3n) is 4.52. The lowest BCUT2D eigenvalue weighted by Gasteiger charge is -2.26. The van der Waals surface area contributed by atoms with E-state index in [1.807, 2.05) is 12.1 Å². The van der Waals surface area contributed by atoms with Crippen molar-refractivity contribution in [3.05, 3.63) is 51.8 Å². The van der Waals surface area contributed by atoms with Gasteiger partial charge in [-0.3, -0.25) is 9.59 Å². The van der Waals surface area contributed by atoms with Gasteiger partial charge in [0.15, 0.2) is 0 Å². The fourth-order valence-electron chi connectivity index (χ4n) is 3.35. The molecule has 0 unspecified atom stereocenters. The molecule has 1 N–H and O–H groups in total. The van der Waals surface area contributed by atoms with Crippen LogP contribution >= 0.6 is 11.6 Å². The minimum absolute atomic E-state index is 0.0953. The summed E-state index contributed by atoms with van der Waals surface area (Å²) < 4.78 is 1.20. The minimum atomic E-state index is -0.303. The van der Waals surface area contributed by atoms with Gasteiger partial charge in [-0.15, -0.1) is 0 Å². The van der Waals surface area contributed by atoms with Gasteiger partial charge >= 0.3 is 0 Å². The average Bonchev–Trinajstić information content (AvgIpc) is 2.66. The summed E-state index contributed by atoms with van der Waals surface area (Å²) in [5.74, 6) is 1.02. The van der Waals surface area contributed by atoms with Gasteiger partial charge in [0.05, 0.1) is 5.69 Å². The number of benzene rings is 1. The molecule has 2 aromatic rings. The van der Waals surface area contributed by atoms with E-state index in [2.05, 4.69) is 43.0 Å². The van der Waals surface area contributed by atoms with Crippen LogP contribution in [0.2, 0.25) is 5.02 Å². The number of rotatable bonds is 11. The summed E-state index contributed by atoms with van der Waals surface area (Å²) in [6, 6.07) is 10.3. The number of amides is 1. The number of hydrogen-bond donors (Lipinski definition) is 1. The first-order chi connectivity index (χ1) is 14.2. The standard InChI is InChI=1S/C23H33ClN4O2/c1-17(2)14-27(15-18(3)4)13-5-12-25-22(29)16-28-23(30)11-10-21(26-28)19-6-8-20(24)9-7-19/h6-11,17-18H,5,12-16H2,1-4H3,(H,25,29). The Labute approximate surface area is 184 Å². The second-order valence-corrected chi connectivity index (χ2v) is 8.91. The summed E-state index contributed by atoms with van der Waals surface area (Å²) in [7, 11) is 0. The summed E-state index contributed by atoms with van der Waals surface area (Å²) in [6.45, 7) is 12.4. The summed E-state index contributed by atoms with van der Waals surface area (Å²) >= 11 is 5.92. The van der Waals surface area contributed by atoms with Gasteiger partial charge in [-0.25, -0.2) is 4.68 Å². The van der Waals surface area contributed by atoms with Crippen molar-refractivity contribution in [2.45, 2.75) is 40.7 Å². The number of halogens is 1. The molecule has 0 radical (unpaired) electrons. The summed E-state index contributed by atoms with van der Waals surface area (Å²) in [4.78, 5) is 26.9. The van der Waals surface area contributed by atoms with Crippen LogP contribution in [0.15, 0.2) is 41.2 Å². The first-order valence-electron chi connectivity index (χ1n) is 10.6. The van der Waals surface area contributed by atoms with Gasteiger partial charge < -0.3 is 10.2 Å². The van der Waals surface area contributed by atoms with Crippen LogP contribution in [0.4, 0.5) is 0 Å². The monoisotopic (exact) mass is 432 g/mol. The molecule has 6 nitrogen and oxygen atoms in total. The van der Waals surface area contributed by atoms with Gasteiger partial charge in [-0.2, -0.15) is 5.10 Å². The first kappa shape index (κ1) is 24.1. The SMILES string of the molecule is CC(C)CN(CCCNC(=O)Cn1nc(-c2ccc(Cl)cc2)ccc1=O)CC(C)C. The molecule has 0 aliphatic heterocycles. The average molecular weight is 433 g/mol. The molecule has 1 heterocycles. The van der Waals surface area contributed by atoms with E-state index >= 15 is 0 Å². The number of nitrogens with zero attached hydrogens (tertiary/aromatic N) is 3. The highest BCUT2D eigenvalue weighted by atomic mass is 35.5. The van der Waals surface area contributed by atoms with E-state index in [1.165, 1.54) is 10.7 Å². The molecular weight excluding hydrogens is 400 g/mol. The van der Waals surface area contributed by atoms with Crippen molar-refractivity contribution < 1.29 is 4.79 Å². The molecule has 0 saturated carbocycles. The Kier molecular flexibility index (Phi) is 9.53. The van der Waals surface area contributed by atoms with E-state index in [0.717, 1.165) is 31.6 Å². The quantitative estimate of drug-likeness (QED) is 0.550. The van der Waals surface area contributed by atoms with Crippen molar-refractivity contribution in [2.75, 3.05) is 26.2 Å². The number of carbonyl (C=O) groups is 1. The Bertz CT molecular complexity index is 852. The van der Waals surface area contributed by atoms with Gasteiger partial charge in [-0.05, 0) is 43.0 Å². The normalized spacial score (nSPS) is 11.5. The zero-order chi connectivity index (χ0) is 22.1. The summed E-state index contributed by atoms with van der Waals surface area (Å²) in [5, 5.41) is 7.86. The third kappa shape index (κ3) is 8.28. The second-order valence-electron chi connectivity index (χ2n) is 8.47. The van der Waals surface area contributed by atoms with Gasteiger partial charge in [0.25, 0.3) is 5.56 Å². The van der Waals surface area contributed by atoms with Crippen molar-refractivity contribution in [1.29, 1.82) is 0 Å². The van der Waals surface area contributed by atoms with Crippen LogP contribution < -0.4 is 10.9 Å². The molecule has 0 fully saturated rings. The van der Waals surface area contributed by atoms with Crippen LogP contribution in [0.25, 0.3) is 11.3 Å². The zero-order valence-corrected chi connectivity index (χ0v) is 19.2. The first-order valence-corrected chi connectivity index (χ1v) is 11.0. The van der Waals surface area contributed by atoms with E-state index in [9.17, 15) is 9.59 Å². The van der Waals surface area contributed by atoms with Crippen molar-refractivity contribution >= 4 is 17.5 Å². The Hall–Kier alpha value is -2.18. The van der Waals surface area contributed by atoms with Crippen molar-refractivity contribution in [3.63, 3.8) is 0 Å². The second kappa shape index (κ2) is 11.9. The van der Waals surface area contributed by atoms with E-state index in [-0.39, 0.29) is 18.0 Å². The lowest BCUT2D eigenvalue weighted by Crippen LogP contribution is -2.36. The fourth-order valence-corrected chi connectivity index (χ4v) is 3.48. The van der Waals surface area contributed by atoms with Crippen LogP contribution in [0.5, 0.6) is 0 Å². The topological polar surface area (TPSA) is 67.2 Å². The van der Waals surface area contributed by atoms with Gasteiger partial charge in [0, 0.05) is 36.3 Å². The van der Waals surface area contributed by atoms with E-state index < -0.39 is 0 Å². The Morgan fingerprint density at radius 1 is 1.07 bits per heavy atom. The molecule has 1 aromatic heterocycles. The van der Waals surface area contributed by atoms with Gasteiger partial charge in [0.2, 0.25) is 5.91 Å². The molecule has 1 amide bonds. The maximum atomic E-state index is 12.3. The van der Waals surface area contributed by atoms with Crippen molar-refractivity contribution in [1.82, 2.24) is 20.0 Å². The molecule has 0 aliphatic rings. The molecular formula is C23H33ClN4O2. The largest absolute Gasteiger partial charge is 0.354 e. The van der Waals surface area contributed by atoms with Gasteiger partial charge in [-0.1, -0.05) is 51.4 Å². The van der Waals surface area contributed by atoms with Crippen molar-refractivity contribution in [2.24, 2.45) is 11.8 Å². The van der Waals surface area contributed by atoms with Crippen LogP contribution in [0.3, 0.4) is 0 Å². The maximum absolute atomic E-state index is 12.3. The highest BCUT2D eigenvalue weighted by molar-refractivity contribution is 6.30. The third-order valence-corrected chi connectivity index (χ3v) is 4.77. The molecule has 0 aliphatic carbocycles. The predicted molar refractivity (Wildman–Crippen MR) is 123 cm³/mol. The zero-order valence-electron chi connectivity index (χ0n) is 18.4. The van der Waals surface area contributed by atoms with Crippen molar-refractivity contribution in [3.8, 4) is 11.3 Å². The fraction of sp³-hybridized carbons (Fsp3) is 0.522. The minimum Gasteiger partial charge on any atom is -0.354 e. The lowest BCUT2D eigenvalue weighted by atomic mass is 10.1. The molecule has 7 heteroatoms. The summed E-state index contributed by atoms with van der Waals surface area (Å²) in [6.07, 6.45) is 0.873. The highest BCUT2D eigenvalue weighted by Crippen LogP contribution is 2.18. The van der Waals surface area contributed by atoms with E-state index in [1.54, 1.807) is 18.2 Å². The number of nitrogens with one attached hydrogen (secondary N) is 1. The Morgan fingerprint density at radius 3 is 2.30 bits per heavy atom. The molecule has 2 rings (SSSR count).